The molecular weight excluding hydrogens is 200 g/mol. The summed E-state index contributed by atoms with van der Waals surface area (Å²) in [6, 6.07) is 2.62. The molecule has 4 heteroatoms. The number of amides is 1. The third-order valence-corrected chi connectivity index (χ3v) is 2.75. The summed E-state index contributed by atoms with van der Waals surface area (Å²) in [7, 11) is 0. The van der Waals surface area contributed by atoms with Crippen molar-refractivity contribution in [2.75, 3.05) is 6.54 Å². The van der Waals surface area contributed by atoms with Crippen LogP contribution in [0, 0.1) is 18.6 Å². The Labute approximate surface area is 86.3 Å². The van der Waals surface area contributed by atoms with Crippen molar-refractivity contribution in [3.8, 4) is 0 Å². The number of benzene rings is 1. The van der Waals surface area contributed by atoms with Crippen LogP contribution < -0.4 is 5.32 Å². The molecule has 1 aromatic carbocycles. The van der Waals surface area contributed by atoms with Crippen molar-refractivity contribution in [1.82, 2.24) is 5.32 Å². The van der Waals surface area contributed by atoms with Crippen LogP contribution >= 0.6 is 0 Å². The van der Waals surface area contributed by atoms with Gasteiger partial charge < -0.3 is 5.32 Å². The molecule has 1 N–H and O–H groups in total. The molecule has 0 saturated carbocycles. The summed E-state index contributed by atoms with van der Waals surface area (Å²) in [4.78, 5) is 11.0. The van der Waals surface area contributed by atoms with E-state index in [1.54, 1.807) is 0 Å². The summed E-state index contributed by atoms with van der Waals surface area (Å²) in [5, 5.41) is 2.64. The second kappa shape index (κ2) is 3.61. The minimum atomic E-state index is -0.552. The van der Waals surface area contributed by atoms with E-state index in [0.717, 1.165) is 0 Å². The van der Waals surface area contributed by atoms with Crippen molar-refractivity contribution < 1.29 is 13.6 Å². The van der Waals surface area contributed by atoms with Crippen molar-refractivity contribution in [3.63, 3.8) is 0 Å². The number of carbonyl (C=O) groups excluding carboxylic acids is 1. The SMILES string of the molecule is Cc1c(F)cc(C2CNC(=O)C2)cc1F. The summed E-state index contributed by atoms with van der Waals surface area (Å²) in [6.45, 7) is 1.85. The van der Waals surface area contributed by atoms with Gasteiger partial charge in [0.05, 0.1) is 0 Å². The fraction of sp³-hybridized carbons (Fsp3) is 0.364. The minimum absolute atomic E-state index is 0.0241. The predicted octanol–water partition coefficient (Wildman–Crippen LogP) is 1.88. The van der Waals surface area contributed by atoms with Crippen LogP contribution in [0.2, 0.25) is 0 Å². The minimum Gasteiger partial charge on any atom is -0.355 e. The first kappa shape index (κ1) is 10.1. The second-order valence-electron chi connectivity index (χ2n) is 3.81. The summed E-state index contributed by atoms with van der Waals surface area (Å²) < 4.78 is 26.5. The fourth-order valence-corrected chi connectivity index (χ4v) is 1.74. The number of halogens is 2. The Kier molecular flexibility index (Phi) is 2.42. The zero-order valence-corrected chi connectivity index (χ0v) is 8.31. The highest BCUT2D eigenvalue weighted by Crippen LogP contribution is 2.26. The lowest BCUT2D eigenvalue weighted by Gasteiger charge is -2.09. The van der Waals surface area contributed by atoms with Gasteiger partial charge in [0.1, 0.15) is 11.6 Å². The molecule has 1 aromatic rings. The molecule has 0 radical (unpaired) electrons. The molecule has 2 rings (SSSR count). The van der Waals surface area contributed by atoms with E-state index in [4.69, 9.17) is 0 Å². The van der Waals surface area contributed by atoms with Gasteiger partial charge in [0.15, 0.2) is 0 Å². The average Bonchev–Trinajstić information content (AvgIpc) is 2.60. The topological polar surface area (TPSA) is 29.1 Å². The average molecular weight is 211 g/mol. The lowest BCUT2D eigenvalue weighted by molar-refractivity contribution is -0.119. The first-order valence-electron chi connectivity index (χ1n) is 4.80. The molecule has 0 aliphatic carbocycles. The Bertz CT molecular complexity index is 394. The van der Waals surface area contributed by atoms with E-state index in [2.05, 4.69) is 5.32 Å². The van der Waals surface area contributed by atoms with E-state index in [-0.39, 0.29) is 17.4 Å². The van der Waals surface area contributed by atoms with Crippen LogP contribution in [-0.4, -0.2) is 12.5 Å². The van der Waals surface area contributed by atoms with Crippen molar-refractivity contribution in [3.05, 3.63) is 34.9 Å². The summed E-state index contributed by atoms with van der Waals surface area (Å²) >= 11 is 0. The molecule has 0 aromatic heterocycles. The molecule has 1 fully saturated rings. The number of hydrogen-bond acceptors (Lipinski definition) is 1. The van der Waals surface area contributed by atoms with Crippen molar-refractivity contribution in [2.24, 2.45) is 0 Å². The molecule has 0 spiro atoms. The monoisotopic (exact) mass is 211 g/mol. The number of rotatable bonds is 1. The van der Waals surface area contributed by atoms with Gasteiger partial charge in [-0.05, 0) is 24.6 Å². The zero-order chi connectivity index (χ0) is 11.0. The summed E-state index contributed by atoms with van der Waals surface area (Å²) in [5.74, 6) is -1.28. The van der Waals surface area contributed by atoms with Crippen LogP contribution in [0.4, 0.5) is 8.78 Å². The van der Waals surface area contributed by atoms with Crippen molar-refractivity contribution >= 4 is 5.91 Å². The van der Waals surface area contributed by atoms with Crippen LogP contribution in [0.1, 0.15) is 23.5 Å². The first-order chi connectivity index (χ1) is 7.08. The van der Waals surface area contributed by atoms with Gasteiger partial charge in [0, 0.05) is 24.4 Å². The van der Waals surface area contributed by atoms with Crippen LogP contribution in [0.25, 0.3) is 0 Å². The number of nitrogens with one attached hydrogen (secondary N) is 1. The van der Waals surface area contributed by atoms with E-state index in [1.165, 1.54) is 19.1 Å². The Morgan fingerprint density at radius 1 is 1.33 bits per heavy atom. The molecule has 80 valence electrons. The molecule has 1 amide bonds. The summed E-state index contributed by atoms with van der Waals surface area (Å²) in [5.41, 5.74) is 0.574. The zero-order valence-electron chi connectivity index (χ0n) is 8.31. The van der Waals surface area contributed by atoms with E-state index in [1.807, 2.05) is 0 Å². The highest BCUT2D eigenvalue weighted by Gasteiger charge is 2.24. The third kappa shape index (κ3) is 1.84. The van der Waals surface area contributed by atoms with E-state index < -0.39 is 11.6 Å². The van der Waals surface area contributed by atoms with Crippen LogP contribution in [0.3, 0.4) is 0 Å². The number of hydrogen-bond donors (Lipinski definition) is 1. The van der Waals surface area contributed by atoms with Crippen LogP contribution in [-0.2, 0) is 4.79 Å². The molecule has 1 unspecified atom stereocenters. The van der Waals surface area contributed by atoms with Crippen molar-refractivity contribution in [2.45, 2.75) is 19.3 Å². The second-order valence-corrected chi connectivity index (χ2v) is 3.81. The molecule has 1 saturated heterocycles. The van der Waals surface area contributed by atoms with Gasteiger partial charge in [-0.3, -0.25) is 4.79 Å². The smallest absolute Gasteiger partial charge is 0.220 e. The standard InChI is InChI=1S/C11H11F2NO/c1-6-9(12)2-7(3-10(6)13)8-4-11(15)14-5-8/h2-3,8H,4-5H2,1H3,(H,14,15). The first-order valence-corrected chi connectivity index (χ1v) is 4.80. The molecule has 1 atom stereocenters. The quantitative estimate of drug-likeness (QED) is 0.755. The van der Waals surface area contributed by atoms with Crippen LogP contribution in [0.5, 0.6) is 0 Å². The maximum absolute atomic E-state index is 13.2. The Hall–Kier alpha value is -1.45. The van der Waals surface area contributed by atoms with Gasteiger partial charge in [-0.25, -0.2) is 8.78 Å². The number of carbonyl (C=O) groups is 1. The normalized spacial score (nSPS) is 20.5. The van der Waals surface area contributed by atoms with Gasteiger partial charge in [0.2, 0.25) is 5.91 Å². The van der Waals surface area contributed by atoms with Gasteiger partial charge >= 0.3 is 0 Å². The highest BCUT2D eigenvalue weighted by molar-refractivity contribution is 5.79. The van der Waals surface area contributed by atoms with E-state index in [9.17, 15) is 13.6 Å². The highest BCUT2D eigenvalue weighted by atomic mass is 19.1. The van der Waals surface area contributed by atoms with E-state index in [0.29, 0.717) is 18.5 Å². The lowest BCUT2D eigenvalue weighted by Crippen LogP contribution is -2.13. The van der Waals surface area contributed by atoms with Gasteiger partial charge in [-0.1, -0.05) is 0 Å². The summed E-state index contributed by atoms with van der Waals surface area (Å²) in [6.07, 6.45) is 0.307. The molecule has 1 heterocycles. The Morgan fingerprint density at radius 2 is 1.93 bits per heavy atom. The molecule has 15 heavy (non-hydrogen) atoms. The molecule has 1 aliphatic heterocycles. The molecule has 1 aliphatic rings. The molecule has 0 bridgehead atoms. The lowest BCUT2D eigenvalue weighted by atomic mass is 9.97. The fourth-order valence-electron chi connectivity index (χ4n) is 1.74. The van der Waals surface area contributed by atoms with Gasteiger partial charge in [-0.15, -0.1) is 0 Å². The maximum atomic E-state index is 13.2. The largest absolute Gasteiger partial charge is 0.355 e. The van der Waals surface area contributed by atoms with E-state index >= 15 is 0 Å². The molecular formula is C11H11F2NO. The van der Waals surface area contributed by atoms with Gasteiger partial charge in [-0.2, -0.15) is 0 Å². The van der Waals surface area contributed by atoms with Crippen molar-refractivity contribution in [1.29, 1.82) is 0 Å². The van der Waals surface area contributed by atoms with Gasteiger partial charge in [0.25, 0.3) is 0 Å². The Morgan fingerprint density at radius 3 is 2.40 bits per heavy atom. The van der Waals surface area contributed by atoms with Crippen LogP contribution in [0.15, 0.2) is 12.1 Å². The predicted molar refractivity (Wildman–Crippen MR) is 51.5 cm³/mol. The third-order valence-electron chi connectivity index (χ3n) is 2.75. The maximum Gasteiger partial charge on any atom is 0.220 e. The Balaban J connectivity index is 2.33. The molecule has 2 nitrogen and oxygen atoms in total.